The Morgan fingerprint density at radius 2 is 1.87 bits per heavy atom. The molecule has 1 aromatic heterocycles. The lowest BCUT2D eigenvalue weighted by Gasteiger charge is -2.38. The number of fused-ring (bicyclic) bond motifs is 6. The molecule has 2 amide bonds. The predicted molar refractivity (Wildman–Crippen MR) is 168 cm³/mol. The molecule has 8 bridgehead atoms. The number of ether oxygens (including phenoxy) is 3. The van der Waals surface area contributed by atoms with E-state index >= 15 is 0 Å². The molecule has 238 valence electrons. The van der Waals surface area contributed by atoms with Crippen molar-refractivity contribution in [1.29, 1.82) is 0 Å². The fourth-order valence-corrected chi connectivity index (χ4v) is 6.10. The first-order chi connectivity index (χ1) is 22.2. The maximum absolute atomic E-state index is 14.6. The van der Waals surface area contributed by atoms with Gasteiger partial charge in [0.1, 0.15) is 17.3 Å². The van der Waals surface area contributed by atoms with Crippen molar-refractivity contribution < 1.29 is 28.2 Å². The third kappa shape index (κ3) is 6.30. The number of carbonyl (C=O) groups is 2. The van der Waals surface area contributed by atoms with Crippen LogP contribution in [0.4, 0.5) is 4.39 Å². The number of carbonyl (C=O) groups excluding carboxylic acids is 2. The zero-order chi connectivity index (χ0) is 32.4. The van der Waals surface area contributed by atoms with Gasteiger partial charge in [-0.25, -0.2) is 9.18 Å². The second-order valence-corrected chi connectivity index (χ2v) is 11.4. The van der Waals surface area contributed by atoms with Crippen molar-refractivity contribution in [3.05, 3.63) is 111 Å². The van der Waals surface area contributed by atoms with Crippen LogP contribution < -0.4 is 25.2 Å². The third-order valence-electron chi connectivity index (χ3n) is 8.34. The van der Waals surface area contributed by atoms with E-state index in [1.165, 1.54) is 22.8 Å². The summed E-state index contributed by atoms with van der Waals surface area (Å²) in [6.45, 7) is 4.78. The number of halogens is 1. The number of nitrogens with zero attached hydrogens (tertiary/aromatic N) is 3. The Balaban J connectivity index is 1.38. The van der Waals surface area contributed by atoms with Crippen molar-refractivity contribution in [2.45, 2.75) is 45.7 Å². The number of amides is 2. The predicted octanol–water partition coefficient (Wildman–Crippen LogP) is 4.88. The van der Waals surface area contributed by atoms with Crippen LogP contribution in [0, 0.1) is 19.7 Å². The van der Waals surface area contributed by atoms with E-state index in [-0.39, 0.29) is 43.3 Å². The first-order valence-corrected chi connectivity index (χ1v) is 15.3. The maximum Gasteiger partial charge on any atom is 0.347 e. The summed E-state index contributed by atoms with van der Waals surface area (Å²) in [7, 11) is 1.56. The largest absolute Gasteiger partial charge is 0.493 e. The lowest BCUT2D eigenvalue weighted by molar-refractivity contribution is -0.133. The van der Waals surface area contributed by atoms with Crippen LogP contribution in [0.1, 0.15) is 57.3 Å². The average Bonchev–Trinajstić information content (AvgIpc) is 3.03. The number of nitrogens with one attached hydrogen (secondary N) is 1. The Morgan fingerprint density at radius 3 is 2.67 bits per heavy atom. The van der Waals surface area contributed by atoms with Crippen molar-refractivity contribution in [2.24, 2.45) is 0 Å². The van der Waals surface area contributed by atoms with Crippen LogP contribution in [0.15, 0.2) is 65.5 Å². The number of methoxy groups -OCH3 is 1. The van der Waals surface area contributed by atoms with Crippen LogP contribution in [0.2, 0.25) is 0 Å². The quantitative estimate of drug-likeness (QED) is 0.344. The number of aromatic nitrogens is 2. The minimum atomic E-state index is -0.645. The molecular formula is C35H35FN4O6. The Hall–Kier alpha value is -5.19. The van der Waals surface area contributed by atoms with Gasteiger partial charge >= 0.3 is 5.69 Å². The SMILES string of the molecule is COc1ccc2cc1OCCCNC(=O)c1cc(ccc1F)Oc1ccc3c(c1)CCN(C(=O)CCn1c(C)cc(C)nc1=O)C23. The van der Waals surface area contributed by atoms with Crippen LogP contribution in [-0.2, 0) is 17.8 Å². The molecule has 0 saturated carbocycles. The van der Waals surface area contributed by atoms with E-state index in [1.54, 1.807) is 20.1 Å². The maximum atomic E-state index is 14.6. The molecule has 3 aliphatic rings. The molecule has 11 heteroatoms. The molecule has 1 unspecified atom stereocenters. The van der Waals surface area contributed by atoms with Gasteiger partial charge in [-0.15, -0.1) is 0 Å². The smallest absolute Gasteiger partial charge is 0.347 e. The van der Waals surface area contributed by atoms with Crippen LogP contribution in [0.3, 0.4) is 0 Å². The number of benzene rings is 3. The summed E-state index contributed by atoms with van der Waals surface area (Å²) in [5.41, 5.74) is 3.65. The standard InChI is InChI=1S/C35H35FN4O6/c1-21-17-22(2)39(35(43)38-21)15-12-32(41)40-14-11-23-18-25-6-8-27(23)33(40)24-5-10-30(44-3)31(19-24)45-16-4-13-37-34(42)28-20-26(46-25)7-9-29(28)36/h5-10,17-20,33H,4,11-16H2,1-3H3,(H,37,42). The molecule has 0 radical (unpaired) electrons. The van der Waals surface area contributed by atoms with Gasteiger partial charge in [0.05, 0.1) is 25.3 Å². The highest BCUT2D eigenvalue weighted by Crippen LogP contribution is 2.41. The van der Waals surface area contributed by atoms with Crippen LogP contribution >= 0.6 is 0 Å². The molecular weight excluding hydrogens is 591 g/mol. The second-order valence-electron chi connectivity index (χ2n) is 11.4. The second kappa shape index (κ2) is 13.0. The van der Waals surface area contributed by atoms with E-state index in [1.807, 2.05) is 48.2 Å². The van der Waals surface area contributed by atoms with Gasteiger partial charge in [0.2, 0.25) is 5.91 Å². The summed E-state index contributed by atoms with van der Waals surface area (Å²) >= 11 is 0. The molecule has 4 heterocycles. The molecule has 3 aliphatic heterocycles. The van der Waals surface area contributed by atoms with E-state index < -0.39 is 17.8 Å². The summed E-state index contributed by atoms with van der Waals surface area (Å²) in [4.78, 5) is 45.1. The summed E-state index contributed by atoms with van der Waals surface area (Å²) in [5, 5.41) is 2.74. The highest BCUT2D eigenvalue weighted by molar-refractivity contribution is 5.94. The summed E-state index contributed by atoms with van der Waals surface area (Å²) in [5.74, 6) is 0.596. The molecule has 3 aromatic carbocycles. The van der Waals surface area contributed by atoms with Gasteiger partial charge in [-0.1, -0.05) is 12.1 Å². The van der Waals surface area contributed by atoms with E-state index in [0.717, 1.165) is 22.4 Å². The lowest BCUT2D eigenvalue weighted by atomic mass is 9.87. The van der Waals surface area contributed by atoms with Gasteiger partial charge in [0, 0.05) is 37.4 Å². The van der Waals surface area contributed by atoms with E-state index in [0.29, 0.717) is 48.1 Å². The van der Waals surface area contributed by atoms with Crippen molar-refractivity contribution in [1.82, 2.24) is 19.8 Å². The summed E-state index contributed by atoms with van der Waals surface area (Å²) < 4.78 is 33.9. The zero-order valence-corrected chi connectivity index (χ0v) is 26.0. The minimum absolute atomic E-state index is 0.0992. The molecule has 0 saturated heterocycles. The monoisotopic (exact) mass is 626 g/mol. The van der Waals surface area contributed by atoms with Crippen molar-refractivity contribution in [3.63, 3.8) is 0 Å². The fraction of sp³-hybridized carbons (Fsp3) is 0.314. The first kappa shape index (κ1) is 30.8. The Bertz CT molecular complexity index is 1870. The van der Waals surface area contributed by atoms with Gasteiger partial charge in [0.25, 0.3) is 5.91 Å². The molecule has 0 spiro atoms. The average molecular weight is 627 g/mol. The molecule has 1 N–H and O–H groups in total. The van der Waals surface area contributed by atoms with E-state index in [9.17, 15) is 18.8 Å². The van der Waals surface area contributed by atoms with Gasteiger partial charge in [-0.3, -0.25) is 14.2 Å². The molecule has 0 fully saturated rings. The van der Waals surface area contributed by atoms with Crippen LogP contribution in [-0.4, -0.2) is 53.1 Å². The minimum Gasteiger partial charge on any atom is -0.493 e. The third-order valence-corrected chi connectivity index (χ3v) is 8.34. The van der Waals surface area contributed by atoms with Crippen molar-refractivity contribution in [2.75, 3.05) is 26.8 Å². The van der Waals surface area contributed by atoms with Crippen LogP contribution in [0.5, 0.6) is 23.0 Å². The van der Waals surface area contributed by atoms with Gasteiger partial charge < -0.3 is 24.4 Å². The Morgan fingerprint density at radius 1 is 1.07 bits per heavy atom. The molecule has 0 aliphatic carbocycles. The zero-order valence-electron chi connectivity index (χ0n) is 26.0. The van der Waals surface area contributed by atoms with Crippen LogP contribution in [0.25, 0.3) is 0 Å². The number of aryl methyl sites for hydroxylation is 2. The van der Waals surface area contributed by atoms with Gasteiger partial charge in [-0.05, 0) is 91.9 Å². The number of hydrogen-bond donors (Lipinski definition) is 1. The van der Waals surface area contributed by atoms with Crippen molar-refractivity contribution in [3.8, 4) is 23.0 Å². The molecule has 4 aromatic rings. The molecule has 10 nitrogen and oxygen atoms in total. The lowest BCUT2D eigenvalue weighted by Crippen LogP contribution is -2.41. The van der Waals surface area contributed by atoms with E-state index in [2.05, 4.69) is 10.3 Å². The normalized spacial score (nSPS) is 16.0. The summed E-state index contributed by atoms with van der Waals surface area (Å²) in [6.07, 6.45) is 1.15. The van der Waals surface area contributed by atoms with Gasteiger partial charge in [-0.2, -0.15) is 4.98 Å². The highest BCUT2D eigenvalue weighted by Gasteiger charge is 2.33. The molecule has 1 atom stereocenters. The topological polar surface area (TPSA) is 112 Å². The highest BCUT2D eigenvalue weighted by atomic mass is 19.1. The number of rotatable bonds is 4. The Kier molecular flexibility index (Phi) is 8.74. The number of hydrogen-bond acceptors (Lipinski definition) is 7. The fourth-order valence-electron chi connectivity index (χ4n) is 6.10. The molecule has 46 heavy (non-hydrogen) atoms. The van der Waals surface area contributed by atoms with E-state index in [4.69, 9.17) is 14.2 Å². The molecule has 7 rings (SSSR count). The first-order valence-electron chi connectivity index (χ1n) is 15.3. The van der Waals surface area contributed by atoms with Gasteiger partial charge in [0.15, 0.2) is 11.5 Å². The summed E-state index contributed by atoms with van der Waals surface area (Å²) in [6, 6.07) is 16.7. The van der Waals surface area contributed by atoms with Crippen molar-refractivity contribution >= 4 is 11.8 Å². The Labute approximate surface area is 265 Å².